The van der Waals surface area contributed by atoms with E-state index in [1.165, 1.54) is 16.9 Å². The largest absolute Gasteiger partial charge is 0.0864 e. The maximum Gasteiger partial charge on any atom is 0.0343 e. The van der Waals surface area contributed by atoms with Crippen LogP contribution < -0.4 is 0 Å². The second kappa shape index (κ2) is 5.95. The maximum atomic E-state index is 2.42. The zero-order valence-corrected chi connectivity index (χ0v) is 7.16. The molecule has 0 saturated carbocycles. The molecule has 0 aromatic carbocycles. The highest BCUT2D eigenvalue weighted by Gasteiger charge is 1.77. The fraction of sp³-hybridized carbons (Fsp3) is 1.00. The fourth-order valence-electron chi connectivity index (χ4n) is 0.244. The van der Waals surface area contributed by atoms with E-state index in [2.05, 4.69) is 29.1 Å². The number of hydrogen-bond donors (Lipinski definition) is 0. The zero-order valence-electron chi connectivity index (χ0n) is 4.00. The van der Waals surface area contributed by atoms with Crippen molar-refractivity contribution >= 4 is 32.1 Å². The summed E-state index contributed by atoms with van der Waals surface area (Å²) in [7, 11) is 1.16. The summed E-state index contributed by atoms with van der Waals surface area (Å²) in [6, 6.07) is 1.43. The van der Waals surface area contributed by atoms with Crippen molar-refractivity contribution in [3.8, 4) is 0 Å². The number of alkyl halides is 1. The van der Waals surface area contributed by atoms with Crippen LogP contribution in [-0.2, 0) is 0 Å². The Hall–Kier alpha value is 0.947. The second-order valence-electron chi connectivity index (χ2n) is 1.15. The second-order valence-corrected chi connectivity index (χ2v) is 3.43. The molecule has 0 N–H and O–H groups in total. The van der Waals surface area contributed by atoms with E-state index in [1.54, 1.807) is 0 Å². The lowest BCUT2D eigenvalue weighted by atomic mass is 10.6. The number of rotatable bonds is 3. The Kier molecular flexibility index (Phi) is 6.89. The predicted molar refractivity (Wildman–Crippen MR) is 39.9 cm³/mol. The van der Waals surface area contributed by atoms with Gasteiger partial charge in [-0.15, -0.1) is 0 Å². The van der Waals surface area contributed by atoms with Crippen LogP contribution in [0.4, 0.5) is 0 Å². The predicted octanol–water partition coefficient (Wildman–Crippen LogP) is 1.98. The molecule has 0 aromatic heterocycles. The quantitative estimate of drug-likeness (QED) is 0.290. The van der Waals surface area contributed by atoms with Crippen LogP contribution in [0.1, 0.15) is 6.42 Å². The van der Waals surface area contributed by atoms with Gasteiger partial charge in [0.05, 0.1) is 0 Å². The molecule has 0 spiro atoms. The molecule has 2 heteroatoms. The average molecular weight is 212 g/mol. The maximum absolute atomic E-state index is 2.42. The lowest BCUT2D eigenvalue weighted by molar-refractivity contribution is 1.11. The van der Waals surface area contributed by atoms with Gasteiger partial charge >= 0.3 is 0 Å². The van der Waals surface area contributed by atoms with Crippen LogP contribution in [0.2, 0.25) is 12.6 Å². The van der Waals surface area contributed by atoms with Crippen LogP contribution in [0.25, 0.3) is 0 Å². The molecular weight excluding hydrogens is 203 g/mol. The van der Waals surface area contributed by atoms with E-state index < -0.39 is 0 Å². The summed E-state index contributed by atoms with van der Waals surface area (Å²) < 4.78 is 1.33. The Bertz CT molecular complexity index is 19.5. The van der Waals surface area contributed by atoms with Gasteiger partial charge in [-0.05, 0) is 10.8 Å². The third-order valence-corrected chi connectivity index (χ3v) is 2.18. The third kappa shape index (κ3) is 4.95. The van der Waals surface area contributed by atoms with E-state index in [0.717, 1.165) is 9.52 Å². The molecule has 0 amide bonds. The Morgan fingerprint density at radius 1 is 1.67 bits per heavy atom. The molecule has 0 aromatic rings. The van der Waals surface area contributed by atoms with Gasteiger partial charge in [-0.25, -0.2) is 0 Å². The molecule has 2 radical (unpaired) electrons. The van der Waals surface area contributed by atoms with E-state index in [4.69, 9.17) is 0 Å². The normalized spacial score (nSPS) is 9.00. The Morgan fingerprint density at radius 2 is 2.33 bits per heavy atom. The third-order valence-electron chi connectivity index (χ3n) is 0.560. The highest BCUT2D eigenvalue weighted by molar-refractivity contribution is 14.1. The van der Waals surface area contributed by atoms with E-state index >= 15 is 0 Å². The average Bonchev–Trinajstić information content (AvgIpc) is 1.61. The van der Waals surface area contributed by atoms with Gasteiger partial charge in [-0.3, -0.25) is 0 Å². The molecule has 0 aliphatic carbocycles. The number of hydrogen-bond acceptors (Lipinski definition) is 0. The van der Waals surface area contributed by atoms with Gasteiger partial charge < -0.3 is 0 Å². The van der Waals surface area contributed by atoms with Gasteiger partial charge in [-0.2, -0.15) is 0 Å². The van der Waals surface area contributed by atoms with E-state index in [9.17, 15) is 0 Å². The highest BCUT2D eigenvalue weighted by Crippen LogP contribution is 1.92. The van der Waals surface area contributed by atoms with Gasteiger partial charge in [0.1, 0.15) is 0 Å². The molecule has 0 saturated heterocycles. The number of halogens is 1. The molecule has 0 rings (SSSR count). The summed E-state index contributed by atoms with van der Waals surface area (Å²) in [5.74, 6) is 0. The molecule has 0 atom stereocenters. The molecule has 36 valence electrons. The molecule has 0 fully saturated rings. The van der Waals surface area contributed by atoms with Crippen LogP contribution in [0.15, 0.2) is 0 Å². The summed E-state index contributed by atoms with van der Waals surface area (Å²) >= 11 is 2.42. The summed E-state index contributed by atoms with van der Waals surface area (Å²) in [6.07, 6.45) is 1.41. The minimum atomic E-state index is 1.16. The van der Waals surface area contributed by atoms with Crippen LogP contribution >= 0.6 is 22.6 Å². The molecule has 6 heavy (non-hydrogen) atoms. The Balaban J connectivity index is 2.34. The van der Waals surface area contributed by atoms with Crippen molar-refractivity contribution < 1.29 is 0 Å². The van der Waals surface area contributed by atoms with Crippen molar-refractivity contribution in [2.75, 3.05) is 4.43 Å². The van der Waals surface area contributed by atoms with Gasteiger partial charge in [0.25, 0.3) is 0 Å². The topological polar surface area (TPSA) is 0 Å². The molecule has 0 unspecified atom stereocenters. The van der Waals surface area contributed by atoms with Crippen LogP contribution in [0.5, 0.6) is 0 Å². The summed E-state index contributed by atoms with van der Waals surface area (Å²) in [5, 5.41) is 0. The van der Waals surface area contributed by atoms with Gasteiger partial charge in [0, 0.05) is 9.52 Å². The summed E-state index contributed by atoms with van der Waals surface area (Å²) in [6.45, 7) is 2.26. The first-order chi connectivity index (χ1) is 2.91. The van der Waals surface area contributed by atoms with Crippen molar-refractivity contribution in [2.45, 2.75) is 19.0 Å². The first-order valence-corrected chi connectivity index (χ1v) is 5.35. The standard InChI is InChI=1S/C4H9ISi/c1-6-4-2-3-5/h2-4H2,1H3. The van der Waals surface area contributed by atoms with E-state index in [0.29, 0.717) is 0 Å². The van der Waals surface area contributed by atoms with Crippen molar-refractivity contribution in [1.29, 1.82) is 0 Å². The van der Waals surface area contributed by atoms with Crippen molar-refractivity contribution in [3.63, 3.8) is 0 Å². The molecular formula is C4H9ISi. The lowest BCUT2D eigenvalue weighted by Crippen LogP contribution is -1.79. The van der Waals surface area contributed by atoms with Crippen LogP contribution in [-0.4, -0.2) is 13.9 Å². The monoisotopic (exact) mass is 212 g/mol. The Labute approximate surface area is 55.7 Å². The first-order valence-electron chi connectivity index (χ1n) is 2.12. The lowest BCUT2D eigenvalue weighted by Gasteiger charge is -1.83. The first kappa shape index (κ1) is 6.95. The van der Waals surface area contributed by atoms with Gasteiger partial charge in [0.2, 0.25) is 0 Å². The van der Waals surface area contributed by atoms with E-state index in [-0.39, 0.29) is 0 Å². The summed E-state index contributed by atoms with van der Waals surface area (Å²) in [4.78, 5) is 0. The smallest absolute Gasteiger partial charge is 0.0343 e. The van der Waals surface area contributed by atoms with Crippen molar-refractivity contribution in [2.24, 2.45) is 0 Å². The van der Waals surface area contributed by atoms with Gasteiger partial charge in [-0.1, -0.05) is 35.2 Å². The zero-order chi connectivity index (χ0) is 4.83. The van der Waals surface area contributed by atoms with E-state index in [1.807, 2.05) is 0 Å². The minimum absolute atomic E-state index is 1.16. The fourth-order valence-corrected chi connectivity index (χ4v) is 1.87. The van der Waals surface area contributed by atoms with Crippen LogP contribution in [0.3, 0.4) is 0 Å². The van der Waals surface area contributed by atoms with Gasteiger partial charge in [0.15, 0.2) is 0 Å². The summed E-state index contributed by atoms with van der Waals surface area (Å²) in [5.41, 5.74) is 0. The molecule has 0 aliphatic rings. The van der Waals surface area contributed by atoms with Crippen molar-refractivity contribution in [3.05, 3.63) is 0 Å². The SMILES string of the molecule is C[Si]CCCI. The molecule has 0 heterocycles. The molecule has 0 aliphatic heterocycles. The highest BCUT2D eigenvalue weighted by atomic mass is 127. The van der Waals surface area contributed by atoms with Crippen molar-refractivity contribution in [1.82, 2.24) is 0 Å². The van der Waals surface area contributed by atoms with Crippen LogP contribution in [0, 0.1) is 0 Å². The molecule has 0 nitrogen and oxygen atoms in total. The Morgan fingerprint density at radius 3 is 2.50 bits per heavy atom. The molecule has 0 bridgehead atoms. The minimum Gasteiger partial charge on any atom is -0.0864 e.